The van der Waals surface area contributed by atoms with Crippen LogP contribution in [-0.4, -0.2) is 6.04 Å². The fourth-order valence-electron chi connectivity index (χ4n) is 1.76. The summed E-state index contributed by atoms with van der Waals surface area (Å²) >= 11 is 7.56. The van der Waals surface area contributed by atoms with Crippen LogP contribution < -0.4 is 5.32 Å². The summed E-state index contributed by atoms with van der Waals surface area (Å²) in [4.78, 5) is 1.34. The molecule has 0 bridgehead atoms. The fourth-order valence-corrected chi connectivity index (χ4v) is 2.78. The van der Waals surface area contributed by atoms with Crippen LogP contribution >= 0.6 is 22.9 Å². The molecule has 2 rings (SSSR count). The van der Waals surface area contributed by atoms with Gasteiger partial charge in [0.1, 0.15) is 0 Å². The lowest BCUT2D eigenvalue weighted by Crippen LogP contribution is -2.39. The predicted molar refractivity (Wildman–Crippen MR) is 58.4 cm³/mol. The number of hydrogen-bond acceptors (Lipinski definition) is 2. The van der Waals surface area contributed by atoms with Crippen LogP contribution in [0.3, 0.4) is 0 Å². The first-order valence-electron chi connectivity index (χ1n) is 4.70. The van der Waals surface area contributed by atoms with Crippen molar-refractivity contribution >= 4 is 22.9 Å². The van der Waals surface area contributed by atoms with Crippen molar-refractivity contribution in [3.63, 3.8) is 0 Å². The molecule has 1 fully saturated rings. The van der Waals surface area contributed by atoms with Crippen LogP contribution in [0.2, 0.25) is 5.02 Å². The third-order valence-corrected chi connectivity index (χ3v) is 3.84. The van der Waals surface area contributed by atoms with Crippen LogP contribution in [0.1, 0.15) is 24.6 Å². The smallest absolute Gasteiger partial charge is 0.0516 e. The maximum atomic E-state index is 5.83. The molecule has 1 nitrogen and oxygen atoms in total. The Hall–Kier alpha value is -0.0500. The quantitative estimate of drug-likeness (QED) is 0.816. The van der Waals surface area contributed by atoms with E-state index >= 15 is 0 Å². The first kappa shape index (κ1) is 9.50. The summed E-state index contributed by atoms with van der Waals surface area (Å²) < 4.78 is 0. The maximum Gasteiger partial charge on any atom is 0.0516 e. The van der Waals surface area contributed by atoms with E-state index in [1.54, 1.807) is 11.3 Å². The first-order chi connectivity index (χ1) is 6.24. The van der Waals surface area contributed by atoms with Gasteiger partial charge in [0.2, 0.25) is 0 Å². The normalized spacial score (nSPS) is 27.2. The summed E-state index contributed by atoms with van der Waals surface area (Å²) in [6.45, 7) is 3.29. The molecule has 1 heterocycles. The number of rotatable bonds is 3. The summed E-state index contributed by atoms with van der Waals surface area (Å²) in [6, 6.07) is 2.79. The minimum absolute atomic E-state index is 0.746. The molecule has 0 atom stereocenters. The highest BCUT2D eigenvalue weighted by molar-refractivity contribution is 7.10. The first-order valence-corrected chi connectivity index (χ1v) is 5.96. The van der Waals surface area contributed by atoms with Crippen LogP contribution in [0, 0.1) is 5.92 Å². The molecule has 0 unspecified atom stereocenters. The highest BCUT2D eigenvalue weighted by Crippen LogP contribution is 2.27. The summed E-state index contributed by atoms with van der Waals surface area (Å²) in [5.74, 6) is 0.921. The molecule has 1 aromatic rings. The van der Waals surface area contributed by atoms with Crippen molar-refractivity contribution in [3.05, 3.63) is 21.3 Å². The van der Waals surface area contributed by atoms with Gasteiger partial charge in [0.15, 0.2) is 0 Å². The highest BCUT2D eigenvalue weighted by Gasteiger charge is 2.24. The monoisotopic (exact) mass is 215 g/mol. The Morgan fingerprint density at radius 1 is 1.62 bits per heavy atom. The zero-order valence-electron chi connectivity index (χ0n) is 7.72. The van der Waals surface area contributed by atoms with E-state index in [1.807, 2.05) is 11.4 Å². The Morgan fingerprint density at radius 2 is 2.38 bits per heavy atom. The Bertz CT molecular complexity index is 278. The third kappa shape index (κ3) is 2.46. The maximum absolute atomic E-state index is 5.83. The number of nitrogens with one attached hydrogen (secondary N) is 1. The molecular formula is C10H14ClNS. The van der Waals surface area contributed by atoms with Crippen molar-refractivity contribution in [3.8, 4) is 0 Å². The van der Waals surface area contributed by atoms with E-state index in [0.29, 0.717) is 0 Å². The highest BCUT2D eigenvalue weighted by atomic mass is 35.5. The third-order valence-electron chi connectivity index (χ3n) is 2.56. The van der Waals surface area contributed by atoms with Gasteiger partial charge in [0, 0.05) is 22.8 Å². The van der Waals surface area contributed by atoms with Crippen molar-refractivity contribution in [1.82, 2.24) is 5.32 Å². The van der Waals surface area contributed by atoms with Crippen molar-refractivity contribution in [1.29, 1.82) is 0 Å². The molecule has 0 radical (unpaired) electrons. The largest absolute Gasteiger partial charge is 0.309 e. The molecule has 1 aliphatic carbocycles. The van der Waals surface area contributed by atoms with E-state index in [2.05, 4.69) is 12.2 Å². The van der Waals surface area contributed by atoms with E-state index in [9.17, 15) is 0 Å². The van der Waals surface area contributed by atoms with Gasteiger partial charge in [-0.1, -0.05) is 18.5 Å². The molecule has 0 aromatic carbocycles. The van der Waals surface area contributed by atoms with E-state index in [-0.39, 0.29) is 0 Å². The van der Waals surface area contributed by atoms with Crippen molar-refractivity contribution < 1.29 is 0 Å². The topological polar surface area (TPSA) is 12.0 Å². The summed E-state index contributed by atoms with van der Waals surface area (Å²) in [7, 11) is 0. The van der Waals surface area contributed by atoms with Gasteiger partial charge in [0.05, 0.1) is 5.02 Å². The van der Waals surface area contributed by atoms with Gasteiger partial charge in [-0.2, -0.15) is 0 Å². The molecule has 72 valence electrons. The molecule has 1 aromatic heterocycles. The SMILES string of the molecule is CC1CC(NCc2cc(Cl)cs2)C1. The average Bonchev–Trinajstić information content (AvgIpc) is 2.43. The number of halogens is 1. The van der Waals surface area contributed by atoms with Gasteiger partial charge in [-0.05, 0) is 24.8 Å². The molecule has 3 heteroatoms. The summed E-state index contributed by atoms with van der Waals surface area (Å²) in [5.41, 5.74) is 0. The van der Waals surface area contributed by atoms with E-state index in [0.717, 1.165) is 23.5 Å². The molecule has 0 amide bonds. The fraction of sp³-hybridized carbons (Fsp3) is 0.600. The number of thiophene rings is 1. The molecule has 1 aliphatic rings. The van der Waals surface area contributed by atoms with E-state index < -0.39 is 0 Å². The van der Waals surface area contributed by atoms with E-state index in [4.69, 9.17) is 11.6 Å². The van der Waals surface area contributed by atoms with Crippen LogP contribution in [0.25, 0.3) is 0 Å². The zero-order valence-corrected chi connectivity index (χ0v) is 9.29. The average molecular weight is 216 g/mol. The van der Waals surface area contributed by atoms with Crippen LogP contribution in [-0.2, 0) is 6.54 Å². The van der Waals surface area contributed by atoms with Gasteiger partial charge < -0.3 is 5.32 Å². The lowest BCUT2D eigenvalue weighted by atomic mass is 9.82. The molecule has 0 spiro atoms. The lowest BCUT2D eigenvalue weighted by molar-refractivity contribution is 0.241. The van der Waals surface area contributed by atoms with Gasteiger partial charge in [-0.25, -0.2) is 0 Å². The van der Waals surface area contributed by atoms with Gasteiger partial charge >= 0.3 is 0 Å². The van der Waals surface area contributed by atoms with Crippen molar-refractivity contribution in [2.45, 2.75) is 32.4 Å². The van der Waals surface area contributed by atoms with E-state index in [1.165, 1.54) is 17.7 Å². The second-order valence-electron chi connectivity index (χ2n) is 3.89. The summed E-state index contributed by atoms with van der Waals surface area (Å²) in [5, 5.41) is 6.38. The van der Waals surface area contributed by atoms with Crippen molar-refractivity contribution in [2.75, 3.05) is 0 Å². The molecule has 0 saturated heterocycles. The molecular weight excluding hydrogens is 202 g/mol. The Labute approximate surface area is 88.1 Å². The second kappa shape index (κ2) is 3.99. The minimum Gasteiger partial charge on any atom is -0.309 e. The Kier molecular flexibility index (Phi) is 2.92. The van der Waals surface area contributed by atoms with Crippen LogP contribution in [0.5, 0.6) is 0 Å². The standard InChI is InChI=1S/C10H14ClNS/c1-7-2-9(3-7)12-5-10-4-8(11)6-13-10/h4,6-7,9,12H,2-3,5H2,1H3. The Balaban J connectivity index is 1.74. The van der Waals surface area contributed by atoms with Crippen molar-refractivity contribution in [2.24, 2.45) is 5.92 Å². The number of hydrogen-bond donors (Lipinski definition) is 1. The van der Waals surface area contributed by atoms with Crippen LogP contribution in [0.15, 0.2) is 11.4 Å². The molecule has 1 saturated carbocycles. The second-order valence-corrected chi connectivity index (χ2v) is 5.32. The minimum atomic E-state index is 0.746. The molecule has 0 aliphatic heterocycles. The van der Waals surface area contributed by atoms with Gasteiger partial charge in [-0.3, -0.25) is 0 Å². The van der Waals surface area contributed by atoms with Crippen LogP contribution in [0.4, 0.5) is 0 Å². The Morgan fingerprint density at radius 3 is 2.92 bits per heavy atom. The van der Waals surface area contributed by atoms with Gasteiger partial charge in [-0.15, -0.1) is 11.3 Å². The summed E-state index contributed by atoms with van der Waals surface area (Å²) in [6.07, 6.45) is 2.66. The predicted octanol–water partition coefficient (Wildman–Crippen LogP) is 3.29. The molecule has 1 N–H and O–H groups in total. The zero-order chi connectivity index (χ0) is 9.26. The molecule has 13 heavy (non-hydrogen) atoms. The lowest BCUT2D eigenvalue weighted by Gasteiger charge is -2.33. The van der Waals surface area contributed by atoms with Gasteiger partial charge in [0.25, 0.3) is 0 Å².